The number of hydrogen-bond acceptors (Lipinski definition) is 7. The second kappa shape index (κ2) is 8.48. The molecule has 2 rings (SSSR count). The van der Waals surface area contributed by atoms with Crippen LogP contribution in [0.15, 0.2) is 22.0 Å². The van der Waals surface area contributed by atoms with Crippen LogP contribution >= 0.6 is 11.6 Å². The van der Waals surface area contributed by atoms with Crippen LogP contribution in [0.4, 0.5) is 5.82 Å². The molecule has 8 nitrogen and oxygen atoms in total. The fourth-order valence-electron chi connectivity index (χ4n) is 1.94. The topological polar surface area (TPSA) is 101 Å². The minimum Gasteiger partial charge on any atom is -0.490 e. The van der Waals surface area contributed by atoms with E-state index in [-0.39, 0.29) is 11.9 Å². The number of aryl methyl sites for hydroxylation is 1. The van der Waals surface area contributed by atoms with E-state index in [4.69, 9.17) is 21.1 Å². The van der Waals surface area contributed by atoms with Gasteiger partial charge in [-0.15, -0.1) is 0 Å². The number of nitrogens with zero attached hydrogens (tertiary/aromatic N) is 3. The number of hydrazone groups is 1. The van der Waals surface area contributed by atoms with E-state index in [2.05, 4.69) is 25.7 Å². The van der Waals surface area contributed by atoms with E-state index >= 15 is 0 Å². The number of anilines is 1. The lowest BCUT2D eigenvalue weighted by molar-refractivity contribution is 0.224. The van der Waals surface area contributed by atoms with E-state index in [0.29, 0.717) is 34.4 Å². The lowest BCUT2D eigenvalue weighted by Crippen LogP contribution is -2.15. The van der Waals surface area contributed by atoms with Crippen molar-refractivity contribution in [3.05, 3.63) is 38.9 Å². The van der Waals surface area contributed by atoms with Gasteiger partial charge in [0.1, 0.15) is 5.69 Å². The third-order valence-corrected chi connectivity index (χ3v) is 3.23. The van der Waals surface area contributed by atoms with E-state index in [0.717, 1.165) is 0 Å². The Labute approximate surface area is 150 Å². The molecule has 0 saturated carbocycles. The molecule has 0 spiro atoms. The summed E-state index contributed by atoms with van der Waals surface area (Å²) in [6, 6.07) is 3.48. The van der Waals surface area contributed by atoms with Gasteiger partial charge >= 0.3 is 5.69 Å². The van der Waals surface area contributed by atoms with Gasteiger partial charge in [0, 0.05) is 0 Å². The standard InChI is InChI=1S/C16H20ClN5O3/c1-5-24-13-7-11(6-12(17)14(13)25-9(2)3)8-18-21-15-10(4)20-22-16(23)19-15/h6-9H,5H2,1-4H3,(H2,19,21,22,23)/b18-8+. The monoisotopic (exact) mass is 365 g/mol. The summed E-state index contributed by atoms with van der Waals surface area (Å²) in [5, 5.41) is 10.5. The van der Waals surface area contributed by atoms with Gasteiger partial charge in [-0.05, 0) is 45.4 Å². The van der Waals surface area contributed by atoms with Crippen molar-refractivity contribution in [3.8, 4) is 11.5 Å². The smallest absolute Gasteiger partial charge is 0.363 e. The van der Waals surface area contributed by atoms with Crippen molar-refractivity contribution in [1.82, 2.24) is 15.2 Å². The van der Waals surface area contributed by atoms with Gasteiger partial charge in [0.05, 0.1) is 23.9 Å². The van der Waals surface area contributed by atoms with Crippen molar-refractivity contribution in [2.24, 2.45) is 5.10 Å². The number of rotatable bonds is 7. The number of hydrogen-bond donors (Lipinski definition) is 2. The highest BCUT2D eigenvalue weighted by Gasteiger charge is 2.13. The van der Waals surface area contributed by atoms with Crippen LogP contribution in [-0.2, 0) is 0 Å². The van der Waals surface area contributed by atoms with E-state index < -0.39 is 5.69 Å². The zero-order chi connectivity index (χ0) is 18.4. The van der Waals surface area contributed by atoms with Crippen molar-refractivity contribution in [3.63, 3.8) is 0 Å². The van der Waals surface area contributed by atoms with Gasteiger partial charge in [0.2, 0.25) is 0 Å². The summed E-state index contributed by atoms with van der Waals surface area (Å²) in [7, 11) is 0. The molecular formula is C16H20ClN5O3. The Balaban J connectivity index is 2.24. The summed E-state index contributed by atoms with van der Waals surface area (Å²) in [5.74, 6) is 1.31. The van der Waals surface area contributed by atoms with Crippen LogP contribution in [0.3, 0.4) is 0 Å². The quantitative estimate of drug-likeness (QED) is 0.578. The van der Waals surface area contributed by atoms with Crippen LogP contribution in [0.5, 0.6) is 11.5 Å². The molecule has 134 valence electrons. The maximum absolute atomic E-state index is 11.2. The van der Waals surface area contributed by atoms with Gasteiger partial charge in [-0.2, -0.15) is 15.2 Å². The van der Waals surface area contributed by atoms with Crippen LogP contribution in [0.25, 0.3) is 0 Å². The number of halogens is 1. The van der Waals surface area contributed by atoms with Gasteiger partial charge in [-0.1, -0.05) is 11.6 Å². The molecule has 0 aliphatic heterocycles. The highest BCUT2D eigenvalue weighted by molar-refractivity contribution is 6.32. The molecule has 0 atom stereocenters. The fourth-order valence-corrected chi connectivity index (χ4v) is 2.21. The van der Waals surface area contributed by atoms with E-state index in [9.17, 15) is 4.79 Å². The lowest BCUT2D eigenvalue weighted by atomic mass is 10.2. The Morgan fingerprint density at radius 2 is 2.20 bits per heavy atom. The Kier molecular flexibility index (Phi) is 6.35. The minimum atomic E-state index is -0.555. The SMILES string of the molecule is CCOc1cc(/C=N/Nc2nc(=O)[nH]nc2C)cc(Cl)c1OC(C)C. The first-order valence-corrected chi connectivity index (χ1v) is 8.14. The van der Waals surface area contributed by atoms with Gasteiger partial charge < -0.3 is 9.47 Å². The van der Waals surface area contributed by atoms with Gasteiger partial charge in [0.25, 0.3) is 0 Å². The molecule has 25 heavy (non-hydrogen) atoms. The molecule has 0 bridgehead atoms. The fraction of sp³-hybridized carbons (Fsp3) is 0.375. The Hall–Kier alpha value is -2.61. The zero-order valence-corrected chi connectivity index (χ0v) is 15.2. The first-order valence-electron chi connectivity index (χ1n) is 7.76. The molecule has 0 radical (unpaired) electrons. The van der Waals surface area contributed by atoms with Gasteiger partial charge in [-0.3, -0.25) is 5.43 Å². The van der Waals surface area contributed by atoms with E-state index in [1.54, 1.807) is 19.1 Å². The Bertz CT molecular complexity index is 820. The van der Waals surface area contributed by atoms with Crippen molar-refractivity contribution >= 4 is 23.6 Å². The normalized spacial score (nSPS) is 11.1. The Morgan fingerprint density at radius 1 is 1.44 bits per heavy atom. The van der Waals surface area contributed by atoms with Crippen LogP contribution in [0.1, 0.15) is 32.0 Å². The minimum absolute atomic E-state index is 0.0318. The number of aromatic amines is 1. The lowest BCUT2D eigenvalue weighted by Gasteiger charge is -2.16. The highest BCUT2D eigenvalue weighted by Crippen LogP contribution is 2.37. The van der Waals surface area contributed by atoms with Crippen LogP contribution in [0.2, 0.25) is 5.02 Å². The molecule has 0 fully saturated rings. The summed E-state index contributed by atoms with van der Waals surface area (Å²) < 4.78 is 11.3. The molecule has 0 unspecified atom stereocenters. The molecular weight excluding hydrogens is 346 g/mol. The first kappa shape index (κ1) is 18.7. The van der Waals surface area contributed by atoms with Crippen molar-refractivity contribution < 1.29 is 9.47 Å². The number of ether oxygens (including phenoxy) is 2. The maximum Gasteiger partial charge on any atom is 0.363 e. The average molecular weight is 366 g/mol. The molecule has 0 aliphatic carbocycles. The van der Waals surface area contributed by atoms with Crippen molar-refractivity contribution in [2.75, 3.05) is 12.0 Å². The maximum atomic E-state index is 11.2. The van der Waals surface area contributed by atoms with Gasteiger partial charge in [0.15, 0.2) is 17.3 Å². The summed E-state index contributed by atoms with van der Waals surface area (Å²) in [6.45, 7) is 7.88. The average Bonchev–Trinajstić information content (AvgIpc) is 2.54. The molecule has 2 aromatic rings. The molecule has 0 aliphatic rings. The highest BCUT2D eigenvalue weighted by atomic mass is 35.5. The summed E-state index contributed by atoms with van der Waals surface area (Å²) in [5.41, 5.74) is 3.35. The molecule has 1 aromatic carbocycles. The van der Waals surface area contributed by atoms with Crippen LogP contribution in [0, 0.1) is 6.92 Å². The number of benzene rings is 1. The molecule has 1 aromatic heterocycles. The zero-order valence-electron chi connectivity index (χ0n) is 14.5. The molecule has 0 amide bonds. The Morgan fingerprint density at radius 3 is 2.88 bits per heavy atom. The van der Waals surface area contributed by atoms with Gasteiger partial charge in [-0.25, -0.2) is 9.89 Å². The van der Waals surface area contributed by atoms with E-state index in [1.165, 1.54) is 6.21 Å². The number of nitrogens with one attached hydrogen (secondary N) is 2. The molecule has 1 heterocycles. The third-order valence-electron chi connectivity index (χ3n) is 2.94. The second-order valence-corrected chi connectivity index (χ2v) is 5.78. The first-order chi connectivity index (χ1) is 11.9. The molecule has 2 N–H and O–H groups in total. The molecule has 9 heteroatoms. The van der Waals surface area contributed by atoms with Crippen molar-refractivity contribution in [1.29, 1.82) is 0 Å². The molecule has 0 saturated heterocycles. The predicted molar refractivity (Wildman–Crippen MR) is 97.0 cm³/mol. The second-order valence-electron chi connectivity index (χ2n) is 5.37. The summed E-state index contributed by atoms with van der Waals surface area (Å²) >= 11 is 6.30. The summed E-state index contributed by atoms with van der Waals surface area (Å²) in [4.78, 5) is 14.9. The summed E-state index contributed by atoms with van der Waals surface area (Å²) in [6.07, 6.45) is 1.51. The third kappa shape index (κ3) is 5.18. The van der Waals surface area contributed by atoms with Crippen molar-refractivity contribution in [2.45, 2.75) is 33.8 Å². The van der Waals surface area contributed by atoms with Crippen LogP contribution in [-0.4, -0.2) is 34.1 Å². The van der Waals surface area contributed by atoms with Crippen LogP contribution < -0.4 is 20.6 Å². The number of aromatic nitrogens is 3. The number of H-pyrrole nitrogens is 1. The van der Waals surface area contributed by atoms with E-state index in [1.807, 2.05) is 20.8 Å². The largest absolute Gasteiger partial charge is 0.490 e. The predicted octanol–water partition coefficient (Wildman–Crippen LogP) is 2.76.